The molecule has 1 fully saturated rings. The second-order valence-electron chi connectivity index (χ2n) is 5.22. The van der Waals surface area contributed by atoms with Gasteiger partial charge in [-0.05, 0) is 30.9 Å². The van der Waals surface area contributed by atoms with E-state index in [1.807, 2.05) is 0 Å². The molecule has 1 aliphatic heterocycles. The van der Waals surface area contributed by atoms with Crippen molar-refractivity contribution in [1.82, 2.24) is 4.90 Å². The maximum absolute atomic E-state index is 12.0. The van der Waals surface area contributed by atoms with Crippen LogP contribution in [0.1, 0.15) is 39.5 Å². The molecule has 104 valence electrons. The van der Waals surface area contributed by atoms with Gasteiger partial charge < -0.3 is 10.0 Å². The molecule has 0 aromatic carbocycles. The molecule has 1 amide bonds. The van der Waals surface area contributed by atoms with Gasteiger partial charge in [0, 0.05) is 12.6 Å². The van der Waals surface area contributed by atoms with E-state index >= 15 is 0 Å². The van der Waals surface area contributed by atoms with Crippen molar-refractivity contribution in [3.05, 3.63) is 0 Å². The topological polar surface area (TPSA) is 57.6 Å². The van der Waals surface area contributed by atoms with E-state index in [2.05, 4.69) is 13.8 Å². The number of thioether (sulfide) groups is 1. The number of nitrogens with zero attached hydrogens (tertiary/aromatic N) is 1. The predicted molar refractivity (Wildman–Crippen MR) is 73.8 cm³/mol. The Hall–Kier alpha value is -0.710. The molecule has 4 nitrogen and oxygen atoms in total. The highest BCUT2D eigenvalue weighted by molar-refractivity contribution is 7.99. The molecule has 0 aliphatic carbocycles. The molecule has 0 aromatic heterocycles. The van der Waals surface area contributed by atoms with E-state index in [9.17, 15) is 9.59 Å². The maximum atomic E-state index is 12.0. The summed E-state index contributed by atoms with van der Waals surface area (Å²) in [7, 11) is 0. The first-order valence-corrected chi connectivity index (χ1v) is 7.75. The lowest BCUT2D eigenvalue weighted by Crippen LogP contribution is -2.38. The number of carboxylic acid groups (broad SMARTS) is 1. The summed E-state index contributed by atoms with van der Waals surface area (Å²) < 4.78 is 0. The van der Waals surface area contributed by atoms with Crippen molar-refractivity contribution in [3.8, 4) is 0 Å². The fourth-order valence-electron chi connectivity index (χ4n) is 2.14. The van der Waals surface area contributed by atoms with Crippen LogP contribution in [0.4, 0.5) is 0 Å². The third-order valence-corrected chi connectivity index (χ3v) is 4.15. The van der Waals surface area contributed by atoms with Crippen LogP contribution in [0.15, 0.2) is 0 Å². The van der Waals surface area contributed by atoms with Crippen LogP contribution < -0.4 is 0 Å². The molecule has 0 saturated carbocycles. The van der Waals surface area contributed by atoms with E-state index < -0.39 is 5.97 Å². The average Bonchev–Trinajstić information content (AvgIpc) is 2.71. The molecule has 1 rings (SSSR count). The lowest BCUT2D eigenvalue weighted by Gasteiger charge is -2.23. The Bertz CT molecular complexity index is 294. The highest BCUT2D eigenvalue weighted by atomic mass is 32.2. The summed E-state index contributed by atoms with van der Waals surface area (Å²) in [5, 5.41) is 8.81. The zero-order valence-electron chi connectivity index (χ0n) is 11.2. The standard InChI is InChI=1S/C13H23NO3S/c1-10(2)5-7-18-9-12(15)14-6-3-4-11(14)8-13(16)17/h10-11H,3-9H2,1-2H3,(H,16,17). The van der Waals surface area contributed by atoms with Crippen LogP contribution in [-0.2, 0) is 9.59 Å². The Kier molecular flexibility index (Phi) is 6.54. The number of rotatable bonds is 7. The fourth-order valence-corrected chi connectivity index (χ4v) is 3.26. The van der Waals surface area contributed by atoms with Crippen LogP contribution in [0.3, 0.4) is 0 Å². The largest absolute Gasteiger partial charge is 0.481 e. The van der Waals surface area contributed by atoms with Crippen molar-refractivity contribution in [2.45, 2.75) is 45.6 Å². The average molecular weight is 273 g/mol. The summed E-state index contributed by atoms with van der Waals surface area (Å²) in [4.78, 5) is 24.5. The summed E-state index contributed by atoms with van der Waals surface area (Å²) in [6.07, 6.45) is 2.97. The molecule has 1 N–H and O–H groups in total. The van der Waals surface area contributed by atoms with E-state index in [1.165, 1.54) is 0 Å². The molecule has 0 spiro atoms. The summed E-state index contributed by atoms with van der Waals surface area (Å²) in [6, 6.07) is -0.0827. The van der Waals surface area contributed by atoms with Gasteiger partial charge in [-0.2, -0.15) is 11.8 Å². The monoisotopic (exact) mass is 273 g/mol. The third-order valence-electron chi connectivity index (χ3n) is 3.17. The van der Waals surface area contributed by atoms with Gasteiger partial charge in [0.15, 0.2) is 0 Å². The van der Waals surface area contributed by atoms with E-state index in [-0.39, 0.29) is 18.4 Å². The Balaban J connectivity index is 2.29. The first-order valence-electron chi connectivity index (χ1n) is 6.59. The fraction of sp³-hybridized carbons (Fsp3) is 0.846. The molecule has 1 saturated heterocycles. The quantitative estimate of drug-likeness (QED) is 0.723. The van der Waals surface area contributed by atoms with Crippen molar-refractivity contribution >= 4 is 23.6 Å². The molecule has 0 aromatic rings. The zero-order chi connectivity index (χ0) is 13.5. The SMILES string of the molecule is CC(C)CCSCC(=O)N1CCCC1CC(=O)O. The van der Waals surface area contributed by atoms with Gasteiger partial charge in [0.2, 0.25) is 5.91 Å². The molecule has 1 aliphatic rings. The second-order valence-corrected chi connectivity index (χ2v) is 6.32. The van der Waals surface area contributed by atoms with Crippen LogP contribution in [0.25, 0.3) is 0 Å². The van der Waals surface area contributed by atoms with Crippen LogP contribution in [0, 0.1) is 5.92 Å². The Morgan fingerprint density at radius 2 is 2.17 bits per heavy atom. The van der Waals surface area contributed by atoms with E-state index in [0.717, 1.165) is 31.6 Å². The number of hydrogen-bond donors (Lipinski definition) is 1. The molecular weight excluding hydrogens is 250 g/mol. The summed E-state index contributed by atoms with van der Waals surface area (Å²) in [5.41, 5.74) is 0. The molecule has 1 atom stereocenters. The Morgan fingerprint density at radius 3 is 2.78 bits per heavy atom. The van der Waals surface area contributed by atoms with E-state index in [1.54, 1.807) is 16.7 Å². The number of aliphatic carboxylic acids is 1. The molecule has 5 heteroatoms. The van der Waals surface area contributed by atoms with Gasteiger partial charge in [0.05, 0.1) is 12.2 Å². The highest BCUT2D eigenvalue weighted by Crippen LogP contribution is 2.21. The molecular formula is C13H23NO3S. The second kappa shape index (κ2) is 7.67. The van der Waals surface area contributed by atoms with Gasteiger partial charge >= 0.3 is 5.97 Å². The Labute approximate surface area is 113 Å². The van der Waals surface area contributed by atoms with Gasteiger partial charge in [0.1, 0.15) is 0 Å². The number of amides is 1. The Morgan fingerprint density at radius 1 is 1.44 bits per heavy atom. The molecule has 0 radical (unpaired) electrons. The normalized spacial score (nSPS) is 19.5. The lowest BCUT2D eigenvalue weighted by molar-refractivity contribution is -0.139. The molecule has 18 heavy (non-hydrogen) atoms. The zero-order valence-corrected chi connectivity index (χ0v) is 12.0. The number of likely N-dealkylation sites (tertiary alicyclic amines) is 1. The van der Waals surface area contributed by atoms with E-state index in [0.29, 0.717) is 11.7 Å². The smallest absolute Gasteiger partial charge is 0.305 e. The van der Waals surface area contributed by atoms with Gasteiger partial charge in [-0.3, -0.25) is 9.59 Å². The summed E-state index contributed by atoms with van der Waals surface area (Å²) >= 11 is 1.66. The van der Waals surface area contributed by atoms with Crippen LogP contribution in [0.5, 0.6) is 0 Å². The first-order chi connectivity index (χ1) is 8.50. The number of carbonyl (C=O) groups is 2. The molecule has 1 unspecified atom stereocenters. The van der Waals surface area contributed by atoms with Crippen molar-refractivity contribution in [3.63, 3.8) is 0 Å². The summed E-state index contributed by atoms with van der Waals surface area (Å²) in [5.74, 6) is 1.45. The van der Waals surface area contributed by atoms with Gasteiger partial charge in [-0.1, -0.05) is 13.8 Å². The van der Waals surface area contributed by atoms with Crippen molar-refractivity contribution in [2.75, 3.05) is 18.1 Å². The predicted octanol–water partition coefficient (Wildman–Crippen LogP) is 2.23. The molecule has 0 bridgehead atoms. The summed E-state index contributed by atoms with van der Waals surface area (Å²) in [6.45, 7) is 5.07. The minimum absolute atomic E-state index is 0.0827. The first kappa shape index (κ1) is 15.3. The number of hydrogen-bond acceptors (Lipinski definition) is 3. The van der Waals surface area contributed by atoms with Gasteiger partial charge in [-0.15, -0.1) is 0 Å². The van der Waals surface area contributed by atoms with Crippen LogP contribution >= 0.6 is 11.8 Å². The minimum atomic E-state index is -0.813. The van der Waals surface area contributed by atoms with Crippen LogP contribution in [0.2, 0.25) is 0 Å². The van der Waals surface area contributed by atoms with Crippen molar-refractivity contribution in [1.29, 1.82) is 0 Å². The van der Waals surface area contributed by atoms with E-state index in [4.69, 9.17) is 5.11 Å². The van der Waals surface area contributed by atoms with Crippen LogP contribution in [-0.4, -0.2) is 46.0 Å². The third kappa shape index (κ3) is 5.29. The number of carboxylic acids is 1. The maximum Gasteiger partial charge on any atom is 0.305 e. The van der Waals surface area contributed by atoms with Crippen molar-refractivity contribution < 1.29 is 14.7 Å². The number of carbonyl (C=O) groups excluding carboxylic acids is 1. The lowest BCUT2D eigenvalue weighted by atomic mass is 10.1. The van der Waals surface area contributed by atoms with Gasteiger partial charge in [0.25, 0.3) is 0 Å². The molecule has 1 heterocycles. The van der Waals surface area contributed by atoms with Crippen molar-refractivity contribution in [2.24, 2.45) is 5.92 Å². The highest BCUT2D eigenvalue weighted by Gasteiger charge is 2.29. The van der Waals surface area contributed by atoms with Gasteiger partial charge in [-0.25, -0.2) is 0 Å². The minimum Gasteiger partial charge on any atom is -0.481 e.